The standard InChI is InChI=1S/C9H7FN2/c10-8-3-1-4-9(7-8)12-6-2-5-11-12/h1-7H. The molecule has 0 unspecified atom stereocenters. The van der Waals surface area contributed by atoms with E-state index in [-0.39, 0.29) is 5.82 Å². The summed E-state index contributed by atoms with van der Waals surface area (Å²) < 4.78 is 14.3. The minimum absolute atomic E-state index is 0.247. The lowest BCUT2D eigenvalue weighted by Crippen LogP contribution is -1.93. The first-order valence-electron chi connectivity index (χ1n) is 3.62. The van der Waals surface area contributed by atoms with Gasteiger partial charge in [0.2, 0.25) is 0 Å². The topological polar surface area (TPSA) is 17.8 Å². The van der Waals surface area contributed by atoms with Gasteiger partial charge in [-0.2, -0.15) is 5.10 Å². The Morgan fingerprint density at radius 2 is 2.17 bits per heavy atom. The molecule has 2 nitrogen and oxygen atoms in total. The SMILES string of the molecule is Fc1cccc(-n2cccn2)c1. The summed E-state index contributed by atoms with van der Waals surface area (Å²) in [6.07, 6.45) is 3.43. The Kier molecular flexibility index (Phi) is 1.63. The maximum atomic E-state index is 12.7. The fraction of sp³-hybridized carbons (Fsp3) is 0. The molecule has 60 valence electrons. The molecule has 12 heavy (non-hydrogen) atoms. The van der Waals surface area contributed by atoms with E-state index in [0.717, 1.165) is 5.69 Å². The van der Waals surface area contributed by atoms with Crippen LogP contribution in [0.5, 0.6) is 0 Å². The Balaban J connectivity index is 2.48. The zero-order chi connectivity index (χ0) is 8.39. The third kappa shape index (κ3) is 1.21. The molecule has 1 aromatic carbocycles. The van der Waals surface area contributed by atoms with Crippen molar-refractivity contribution in [3.05, 3.63) is 48.5 Å². The average molecular weight is 162 g/mol. The summed E-state index contributed by atoms with van der Waals surface area (Å²) in [5.74, 6) is -0.247. The van der Waals surface area contributed by atoms with E-state index in [1.54, 1.807) is 35.3 Å². The lowest BCUT2D eigenvalue weighted by Gasteiger charge is -1.99. The van der Waals surface area contributed by atoms with Gasteiger partial charge in [-0.1, -0.05) is 6.07 Å². The number of benzene rings is 1. The minimum Gasteiger partial charge on any atom is -0.241 e. The Hall–Kier alpha value is -1.64. The summed E-state index contributed by atoms with van der Waals surface area (Å²) in [4.78, 5) is 0. The van der Waals surface area contributed by atoms with Crippen LogP contribution in [0, 0.1) is 5.82 Å². The number of rotatable bonds is 1. The van der Waals surface area contributed by atoms with Gasteiger partial charge in [-0.3, -0.25) is 0 Å². The number of nitrogens with zero attached hydrogens (tertiary/aromatic N) is 2. The van der Waals surface area contributed by atoms with Crippen molar-refractivity contribution in [2.75, 3.05) is 0 Å². The molecule has 0 saturated carbocycles. The summed E-state index contributed by atoms with van der Waals surface area (Å²) >= 11 is 0. The molecule has 0 aliphatic rings. The van der Waals surface area contributed by atoms with E-state index in [9.17, 15) is 4.39 Å². The predicted octanol–water partition coefficient (Wildman–Crippen LogP) is 2.01. The normalized spacial score (nSPS) is 10.1. The first-order valence-corrected chi connectivity index (χ1v) is 3.62. The highest BCUT2D eigenvalue weighted by atomic mass is 19.1. The zero-order valence-corrected chi connectivity index (χ0v) is 6.31. The summed E-state index contributed by atoms with van der Waals surface area (Å²) in [5, 5.41) is 3.98. The Morgan fingerprint density at radius 3 is 2.83 bits per heavy atom. The third-order valence-corrected chi connectivity index (χ3v) is 1.58. The molecule has 0 fully saturated rings. The molecule has 0 spiro atoms. The molecule has 0 bridgehead atoms. The van der Waals surface area contributed by atoms with Crippen LogP contribution in [0.2, 0.25) is 0 Å². The van der Waals surface area contributed by atoms with Gasteiger partial charge in [0.15, 0.2) is 0 Å². The fourth-order valence-corrected chi connectivity index (χ4v) is 1.04. The highest BCUT2D eigenvalue weighted by Crippen LogP contribution is 2.07. The van der Waals surface area contributed by atoms with Crippen molar-refractivity contribution in [2.24, 2.45) is 0 Å². The van der Waals surface area contributed by atoms with Crippen molar-refractivity contribution in [1.29, 1.82) is 0 Å². The molecular weight excluding hydrogens is 155 g/mol. The van der Waals surface area contributed by atoms with Crippen LogP contribution in [-0.4, -0.2) is 9.78 Å². The summed E-state index contributed by atoms with van der Waals surface area (Å²) in [7, 11) is 0. The van der Waals surface area contributed by atoms with E-state index in [0.29, 0.717) is 0 Å². The van der Waals surface area contributed by atoms with E-state index in [1.807, 2.05) is 0 Å². The van der Waals surface area contributed by atoms with Gasteiger partial charge in [-0.25, -0.2) is 9.07 Å². The number of aromatic nitrogens is 2. The molecule has 2 aromatic rings. The molecule has 0 amide bonds. The highest BCUT2D eigenvalue weighted by Gasteiger charge is 1.95. The zero-order valence-electron chi connectivity index (χ0n) is 6.31. The molecule has 0 N–H and O–H groups in total. The van der Waals surface area contributed by atoms with Crippen molar-refractivity contribution in [1.82, 2.24) is 9.78 Å². The lowest BCUT2D eigenvalue weighted by molar-refractivity contribution is 0.625. The lowest BCUT2D eigenvalue weighted by atomic mass is 10.3. The predicted molar refractivity (Wildman–Crippen MR) is 43.5 cm³/mol. The van der Waals surface area contributed by atoms with Crippen molar-refractivity contribution in [2.45, 2.75) is 0 Å². The largest absolute Gasteiger partial charge is 0.241 e. The van der Waals surface area contributed by atoms with E-state index < -0.39 is 0 Å². The quantitative estimate of drug-likeness (QED) is 0.627. The van der Waals surface area contributed by atoms with Crippen LogP contribution in [0.3, 0.4) is 0 Å². The maximum Gasteiger partial charge on any atom is 0.125 e. The summed E-state index contributed by atoms with van der Waals surface area (Å²) in [6, 6.07) is 8.10. The van der Waals surface area contributed by atoms with Crippen LogP contribution in [-0.2, 0) is 0 Å². The summed E-state index contributed by atoms with van der Waals surface area (Å²) in [6.45, 7) is 0. The van der Waals surface area contributed by atoms with Crippen LogP contribution in [0.25, 0.3) is 5.69 Å². The second-order valence-corrected chi connectivity index (χ2v) is 2.43. The van der Waals surface area contributed by atoms with E-state index >= 15 is 0 Å². The second-order valence-electron chi connectivity index (χ2n) is 2.43. The Bertz CT molecular complexity index is 368. The minimum atomic E-state index is -0.247. The first-order chi connectivity index (χ1) is 5.86. The van der Waals surface area contributed by atoms with Crippen molar-refractivity contribution in [3.8, 4) is 5.69 Å². The van der Waals surface area contributed by atoms with Gasteiger partial charge in [-0.05, 0) is 24.3 Å². The van der Waals surface area contributed by atoms with Crippen LogP contribution < -0.4 is 0 Å². The molecule has 1 aromatic heterocycles. The first kappa shape index (κ1) is 7.03. The van der Waals surface area contributed by atoms with Crippen LogP contribution in [0.15, 0.2) is 42.7 Å². The second kappa shape index (κ2) is 2.77. The van der Waals surface area contributed by atoms with Gasteiger partial charge in [0, 0.05) is 12.4 Å². The van der Waals surface area contributed by atoms with Crippen LogP contribution in [0.1, 0.15) is 0 Å². The molecule has 3 heteroatoms. The van der Waals surface area contributed by atoms with Gasteiger partial charge in [-0.15, -0.1) is 0 Å². The number of hydrogen-bond donors (Lipinski definition) is 0. The van der Waals surface area contributed by atoms with Gasteiger partial charge >= 0.3 is 0 Å². The van der Waals surface area contributed by atoms with Gasteiger partial charge in [0.25, 0.3) is 0 Å². The molecule has 0 aliphatic heterocycles. The van der Waals surface area contributed by atoms with Gasteiger partial charge in [0.1, 0.15) is 5.82 Å². The fourth-order valence-electron chi connectivity index (χ4n) is 1.04. The molecular formula is C9H7FN2. The molecule has 0 atom stereocenters. The van der Waals surface area contributed by atoms with Crippen LogP contribution >= 0.6 is 0 Å². The monoisotopic (exact) mass is 162 g/mol. The van der Waals surface area contributed by atoms with Crippen molar-refractivity contribution >= 4 is 0 Å². The van der Waals surface area contributed by atoms with E-state index in [1.165, 1.54) is 12.1 Å². The molecule has 1 heterocycles. The summed E-state index contributed by atoms with van der Waals surface area (Å²) in [5.41, 5.74) is 0.736. The Labute approximate surface area is 69.3 Å². The molecule has 2 rings (SSSR count). The van der Waals surface area contributed by atoms with E-state index in [4.69, 9.17) is 0 Å². The highest BCUT2D eigenvalue weighted by molar-refractivity contribution is 5.30. The van der Waals surface area contributed by atoms with Crippen LogP contribution in [0.4, 0.5) is 4.39 Å². The third-order valence-electron chi connectivity index (χ3n) is 1.58. The van der Waals surface area contributed by atoms with Crippen molar-refractivity contribution < 1.29 is 4.39 Å². The molecule has 0 aliphatic carbocycles. The smallest absolute Gasteiger partial charge is 0.125 e. The van der Waals surface area contributed by atoms with E-state index in [2.05, 4.69) is 5.10 Å². The van der Waals surface area contributed by atoms with Crippen molar-refractivity contribution in [3.63, 3.8) is 0 Å². The maximum absolute atomic E-state index is 12.7. The average Bonchev–Trinajstić information content (AvgIpc) is 2.56. The molecule has 0 radical (unpaired) electrons. The number of hydrogen-bond acceptors (Lipinski definition) is 1. The van der Waals surface area contributed by atoms with Gasteiger partial charge < -0.3 is 0 Å². The van der Waals surface area contributed by atoms with Gasteiger partial charge in [0.05, 0.1) is 5.69 Å². The Morgan fingerprint density at radius 1 is 1.25 bits per heavy atom. The molecule has 0 saturated heterocycles. The number of halogens is 1.